The SMILES string of the molecule is O=C1N(Cc2ccccc2)[C@H](Cc2ccccc2)[C@H](O)[C@@H](O)[C@@H](Cc2ccccc2)N1Cc1ccc2[nH]ncc2c1. The highest BCUT2D eigenvalue weighted by Crippen LogP contribution is 2.30. The largest absolute Gasteiger partial charge is 0.388 e. The van der Waals surface area contributed by atoms with E-state index < -0.39 is 24.3 Å². The fraction of sp³-hybridized carbons (Fsp3) is 0.235. The summed E-state index contributed by atoms with van der Waals surface area (Å²) in [4.78, 5) is 18.2. The molecule has 2 amide bonds. The van der Waals surface area contributed by atoms with E-state index in [0.717, 1.165) is 33.2 Å². The minimum absolute atomic E-state index is 0.210. The molecule has 5 aromatic rings. The Bertz CT molecular complexity index is 1580. The number of H-pyrrole nitrogens is 1. The van der Waals surface area contributed by atoms with Crippen molar-refractivity contribution in [2.45, 2.75) is 50.2 Å². The maximum absolute atomic E-state index is 14.7. The van der Waals surface area contributed by atoms with Crippen LogP contribution in [0.5, 0.6) is 0 Å². The normalized spacial score (nSPS) is 21.3. The van der Waals surface area contributed by atoms with E-state index in [0.29, 0.717) is 19.4 Å². The van der Waals surface area contributed by atoms with Crippen LogP contribution in [0.4, 0.5) is 4.79 Å². The van der Waals surface area contributed by atoms with Gasteiger partial charge in [0.25, 0.3) is 0 Å². The lowest BCUT2D eigenvalue weighted by Gasteiger charge is -2.36. The number of hydrogen-bond acceptors (Lipinski definition) is 4. The van der Waals surface area contributed by atoms with Crippen molar-refractivity contribution in [2.75, 3.05) is 0 Å². The van der Waals surface area contributed by atoms with Crippen LogP contribution in [-0.4, -0.2) is 60.5 Å². The van der Waals surface area contributed by atoms with Crippen LogP contribution in [0.3, 0.4) is 0 Å². The second-order valence-corrected chi connectivity index (χ2v) is 10.8. The second-order valence-electron chi connectivity index (χ2n) is 10.8. The number of aliphatic hydroxyl groups is 2. The van der Waals surface area contributed by atoms with E-state index in [1.54, 1.807) is 16.0 Å². The third-order valence-electron chi connectivity index (χ3n) is 8.06. The first-order valence-corrected chi connectivity index (χ1v) is 14.0. The van der Waals surface area contributed by atoms with Crippen molar-refractivity contribution in [3.63, 3.8) is 0 Å². The van der Waals surface area contributed by atoms with E-state index in [9.17, 15) is 15.0 Å². The zero-order chi connectivity index (χ0) is 28.2. The van der Waals surface area contributed by atoms with Gasteiger partial charge in [-0.25, -0.2) is 4.79 Å². The zero-order valence-electron chi connectivity index (χ0n) is 22.8. The molecule has 1 aliphatic rings. The number of nitrogens with zero attached hydrogens (tertiary/aromatic N) is 3. The predicted molar refractivity (Wildman–Crippen MR) is 159 cm³/mol. The van der Waals surface area contributed by atoms with Crippen LogP contribution in [0, 0.1) is 0 Å². The maximum atomic E-state index is 14.7. The first-order valence-electron chi connectivity index (χ1n) is 14.0. The first-order chi connectivity index (χ1) is 20.1. The molecule has 3 N–H and O–H groups in total. The number of carbonyl (C=O) groups excluding carboxylic acids is 1. The van der Waals surface area contributed by atoms with Gasteiger partial charge in [-0.3, -0.25) is 5.10 Å². The number of urea groups is 1. The summed E-state index contributed by atoms with van der Waals surface area (Å²) in [5.74, 6) is 0. The molecule has 0 saturated carbocycles. The second kappa shape index (κ2) is 12.0. The monoisotopic (exact) mass is 546 g/mol. The van der Waals surface area contributed by atoms with E-state index in [1.807, 2.05) is 109 Å². The van der Waals surface area contributed by atoms with Crippen LogP contribution in [0.15, 0.2) is 115 Å². The van der Waals surface area contributed by atoms with Gasteiger partial charge < -0.3 is 20.0 Å². The number of aromatic nitrogens is 2. The van der Waals surface area contributed by atoms with E-state index >= 15 is 0 Å². The van der Waals surface area contributed by atoms with Crippen molar-refractivity contribution in [3.05, 3.63) is 138 Å². The number of hydrogen-bond donors (Lipinski definition) is 3. The van der Waals surface area contributed by atoms with Crippen molar-refractivity contribution in [1.82, 2.24) is 20.0 Å². The van der Waals surface area contributed by atoms with E-state index in [4.69, 9.17) is 0 Å². The molecule has 7 nitrogen and oxygen atoms in total. The number of aromatic amines is 1. The Kier molecular flexibility index (Phi) is 7.80. The lowest BCUT2D eigenvalue weighted by molar-refractivity contribution is -0.0408. The standard InChI is InChI=1S/C34H34N4O3/c39-32-30(19-24-10-4-1-5-11-24)37(22-26-14-8-3-9-15-26)34(41)38(23-27-16-17-29-28(18-27)21-35-36-29)31(33(32)40)20-25-12-6-2-7-13-25/h1-18,21,30-33,39-40H,19-20,22-23H2,(H,35,36)/t30-,31-,32+,33+/m1/s1. The molecule has 41 heavy (non-hydrogen) atoms. The number of rotatable bonds is 8. The highest BCUT2D eigenvalue weighted by Gasteiger charge is 2.46. The molecule has 4 atom stereocenters. The average Bonchev–Trinajstić information content (AvgIpc) is 3.47. The van der Waals surface area contributed by atoms with Gasteiger partial charge in [0.2, 0.25) is 0 Å². The van der Waals surface area contributed by atoms with Gasteiger partial charge >= 0.3 is 6.03 Å². The van der Waals surface area contributed by atoms with Gasteiger partial charge in [-0.2, -0.15) is 5.10 Å². The molecule has 208 valence electrons. The molecule has 1 saturated heterocycles. The molecule has 1 aliphatic heterocycles. The minimum atomic E-state index is -1.16. The molecule has 7 heteroatoms. The topological polar surface area (TPSA) is 92.7 Å². The summed E-state index contributed by atoms with van der Waals surface area (Å²) in [5.41, 5.74) is 4.78. The molecule has 0 radical (unpaired) electrons. The Morgan fingerprint density at radius 3 is 1.66 bits per heavy atom. The Labute approximate surface area is 239 Å². The number of benzene rings is 4. The quantitative estimate of drug-likeness (QED) is 0.257. The molecule has 0 aliphatic carbocycles. The molecule has 4 aromatic carbocycles. The highest BCUT2D eigenvalue weighted by atomic mass is 16.3. The molecule has 6 rings (SSSR count). The van der Waals surface area contributed by atoms with Crippen LogP contribution in [0.2, 0.25) is 0 Å². The van der Waals surface area contributed by atoms with Crippen LogP contribution >= 0.6 is 0 Å². The molecule has 0 spiro atoms. The van der Waals surface area contributed by atoms with E-state index in [2.05, 4.69) is 10.2 Å². The third-order valence-corrected chi connectivity index (χ3v) is 8.06. The molecule has 0 unspecified atom stereocenters. The zero-order valence-corrected chi connectivity index (χ0v) is 22.8. The number of aliphatic hydroxyl groups excluding tert-OH is 2. The van der Waals surface area contributed by atoms with Gasteiger partial charge in [-0.05, 0) is 47.2 Å². The molecule has 1 fully saturated rings. The fourth-order valence-electron chi connectivity index (χ4n) is 5.88. The lowest BCUT2D eigenvalue weighted by Crippen LogP contribution is -2.50. The smallest absolute Gasteiger partial charge is 0.321 e. The third kappa shape index (κ3) is 5.87. The summed E-state index contributed by atoms with van der Waals surface area (Å²) in [7, 11) is 0. The van der Waals surface area contributed by atoms with Gasteiger partial charge in [0.05, 0.1) is 23.8 Å². The Balaban J connectivity index is 1.43. The Morgan fingerprint density at radius 1 is 0.634 bits per heavy atom. The van der Waals surface area contributed by atoms with Gasteiger partial charge in [-0.1, -0.05) is 97.1 Å². The summed E-state index contributed by atoms with van der Waals surface area (Å²) in [6.07, 6.45) is 0.283. The summed E-state index contributed by atoms with van der Waals surface area (Å²) in [6.45, 7) is 0.598. The molecular weight excluding hydrogens is 512 g/mol. The van der Waals surface area contributed by atoms with Gasteiger partial charge in [0.15, 0.2) is 0 Å². The van der Waals surface area contributed by atoms with Gasteiger partial charge in [0.1, 0.15) is 12.2 Å². The number of fused-ring (bicyclic) bond motifs is 1. The number of amides is 2. The van der Waals surface area contributed by atoms with Crippen molar-refractivity contribution in [3.8, 4) is 0 Å². The summed E-state index contributed by atoms with van der Waals surface area (Å²) >= 11 is 0. The summed E-state index contributed by atoms with van der Waals surface area (Å²) < 4.78 is 0. The van der Waals surface area contributed by atoms with Crippen molar-refractivity contribution in [2.24, 2.45) is 0 Å². The number of nitrogens with one attached hydrogen (secondary N) is 1. The van der Waals surface area contributed by atoms with E-state index in [1.165, 1.54) is 0 Å². The number of carbonyl (C=O) groups is 1. The molecule has 0 bridgehead atoms. The van der Waals surface area contributed by atoms with Crippen molar-refractivity contribution >= 4 is 16.9 Å². The minimum Gasteiger partial charge on any atom is -0.388 e. The molecule has 2 heterocycles. The maximum Gasteiger partial charge on any atom is 0.321 e. The Morgan fingerprint density at radius 2 is 1.12 bits per heavy atom. The Hall–Kier alpha value is -4.46. The van der Waals surface area contributed by atoms with Crippen LogP contribution in [0.25, 0.3) is 10.9 Å². The van der Waals surface area contributed by atoms with Crippen molar-refractivity contribution < 1.29 is 15.0 Å². The van der Waals surface area contributed by atoms with Crippen LogP contribution in [0.1, 0.15) is 22.3 Å². The van der Waals surface area contributed by atoms with Crippen molar-refractivity contribution in [1.29, 1.82) is 0 Å². The predicted octanol–water partition coefficient (Wildman–Crippen LogP) is 4.95. The summed E-state index contributed by atoms with van der Waals surface area (Å²) in [6, 6.07) is 34.0. The van der Waals surface area contributed by atoms with E-state index in [-0.39, 0.29) is 12.6 Å². The van der Waals surface area contributed by atoms with Crippen LogP contribution < -0.4 is 0 Å². The van der Waals surface area contributed by atoms with Gasteiger partial charge in [-0.15, -0.1) is 0 Å². The molecular formula is C34H34N4O3. The highest BCUT2D eigenvalue weighted by molar-refractivity contribution is 5.79. The fourth-order valence-corrected chi connectivity index (χ4v) is 5.88. The lowest BCUT2D eigenvalue weighted by atomic mass is 9.91. The van der Waals surface area contributed by atoms with Gasteiger partial charge in [0, 0.05) is 18.5 Å². The molecule has 1 aromatic heterocycles. The first kappa shape index (κ1) is 26.7. The summed E-state index contributed by atoms with van der Waals surface area (Å²) in [5, 5.41) is 31.7. The average molecular weight is 547 g/mol. The van der Waals surface area contributed by atoms with Crippen LogP contribution in [-0.2, 0) is 25.9 Å².